The number of thiol groups is 1. The zero-order chi connectivity index (χ0) is 9.56. The Kier molecular flexibility index (Phi) is 5.65. The molecule has 0 bridgehead atoms. The molecule has 1 atom stereocenters. The van der Waals surface area contributed by atoms with Gasteiger partial charge in [-0.05, 0) is 5.92 Å². The van der Waals surface area contributed by atoms with Crippen LogP contribution < -0.4 is 0 Å². The van der Waals surface area contributed by atoms with Crippen LogP contribution in [0, 0.1) is 5.92 Å². The predicted molar refractivity (Wildman–Crippen MR) is 42.1 cm³/mol. The molecule has 0 saturated heterocycles. The maximum absolute atomic E-state index is 10.6. The monoisotopic (exact) mass is 196 g/mol. The fourth-order valence-electron chi connectivity index (χ4n) is 0.615. The van der Waals surface area contributed by atoms with E-state index in [1.807, 2.05) is 0 Å². The number of rotatable bonds is 5. The highest BCUT2D eigenvalue weighted by molar-refractivity contribution is 7.67. The Morgan fingerprint density at radius 3 is 2.50 bits per heavy atom. The Morgan fingerprint density at radius 2 is 2.08 bits per heavy atom. The van der Waals surface area contributed by atoms with Crippen molar-refractivity contribution in [3.8, 4) is 0 Å². The average Bonchev–Trinajstić information content (AvgIpc) is 2.00. The van der Waals surface area contributed by atoms with Crippen LogP contribution in [0.5, 0.6) is 0 Å². The summed E-state index contributed by atoms with van der Waals surface area (Å²) in [5.74, 6) is -0.516. The third-order valence-electron chi connectivity index (χ3n) is 1.21. The molecule has 0 aliphatic carbocycles. The lowest BCUT2D eigenvalue weighted by molar-refractivity contribution is -0.141. The molecule has 0 saturated carbocycles. The van der Waals surface area contributed by atoms with Crippen molar-refractivity contribution in [1.29, 1.82) is 0 Å². The molecule has 0 rings (SSSR count). The quantitative estimate of drug-likeness (QED) is 0.484. The van der Waals surface area contributed by atoms with Gasteiger partial charge in [-0.15, -0.1) is 0 Å². The number of hydrogen-bond acceptors (Lipinski definition) is 5. The Labute approximate surface area is 72.8 Å². The van der Waals surface area contributed by atoms with E-state index in [0.29, 0.717) is 0 Å². The summed E-state index contributed by atoms with van der Waals surface area (Å²) < 4.78 is 28.6. The minimum atomic E-state index is -2.81. The number of ether oxygens (including phenoxy) is 1. The number of methoxy groups -OCH3 is 1. The largest absolute Gasteiger partial charge is 0.469 e. The maximum atomic E-state index is 10.6. The van der Waals surface area contributed by atoms with Gasteiger partial charge in [-0.1, -0.05) is 6.92 Å². The lowest BCUT2D eigenvalue weighted by atomic mass is 10.1. The van der Waals surface area contributed by atoms with Crippen LogP contribution in [0.1, 0.15) is 13.3 Å². The molecule has 12 heavy (non-hydrogen) atoms. The maximum Gasteiger partial charge on any atom is 0.305 e. The summed E-state index contributed by atoms with van der Waals surface area (Å²) in [6.45, 7) is 1.73. The normalized spacial score (nSPS) is 12.9. The van der Waals surface area contributed by atoms with Crippen LogP contribution in [0.4, 0.5) is 0 Å². The zero-order valence-corrected chi connectivity index (χ0v) is 7.87. The molecule has 1 unspecified atom stereocenters. The molecule has 0 aromatic rings. The standard InChI is InChI=1S/C6H12O5S/c1-5(3-6(7)10-2)4-11-12(8)9/h5,12H,3-4H2,1-2H3. The molecule has 0 N–H and O–H groups in total. The Hall–Kier alpha value is -0.620. The summed E-state index contributed by atoms with van der Waals surface area (Å²) in [5, 5.41) is 0. The van der Waals surface area contributed by atoms with Crippen molar-refractivity contribution < 1.29 is 22.1 Å². The van der Waals surface area contributed by atoms with Gasteiger partial charge in [0.05, 0.1) is 20.1 Å². The topological polar surface area (TPSA) is 69.7 Å². The summed E-state index contributed by atoms with van der Waals surface area (Å²) in [5.41, 5.74) is 0. The highest BCUT2D eigenvalue weighted by Crippen LogP contribution is 2.03. The fourth-order valence-corrected chi connectivity index (χ4v) is 0.991. The first-order valence-corrected chi connectivity index (χ1v) is 4.50. The van der Waals surface area contributed by atoms with Crippen molar-refractivity contribution in [2.45, 2.75) is 13.3 Å². The van der Waals surface area contributed by atoms with E-state index in [-0.39, 0.29) is 24.9 Å². The minimum Gasteiger partial charge on any atom is -0.469 e. The van der Waals surface area contributed by atoms with Crippen LogP contribution >= 0.6 is 0 Å². The second-order valence-electron chi connectivity index (χ2n) is 2.40. The van der Waals surface area contributed by atoms with Crippen molar-refractivity contribution in [2.75, 3.05) is 13.7 Å². The molecule has 0 aromatic carbocycles. The molecule has 0 radical (unpaired) electrons. The first kappa shape index (κ1) is 11.4. The summed E-state index contributed by atoms with van der Waals surface area (Å²) in [7, 11) is -1.53. The lowest BCUT2D eigenvalue weighted by Crippen LogP contribution is -2.12. The first-order valence-electron chi connectivity index (χ1n) is 3.40. The van der Waals surface area contributed by atoms with Crippen LogP contribution in [-0.2, 0) is 24.7 Å². The molecule has 0 spiro atoms. The van der Waals surface area contributed by atoms with Crippen molar-refractivity contribution >= 4 is 17.0 Å². The number of carbonyl (C=O) groups excluding carboxylic acids is 1. The van der Waals surface area contributed by atoms with E-state index in [0.717, 1.165) is 0 Å². The third kappa shape index (κ3) is 6.11. The van der Waals surface area contributed by atoms with Gasteiger partial charge in [-0.2, -0.15) is 0 Å². The molecule has 0 heterocycles. The summed E-state index contributed by atoms with van der Waals surface area (Å²) in [4.78, 5) is 10.6. The average molecular weight is 196 g/mol. The molecule has 0 fully saturated rings. The van der Waals surface area contributed by atoms with E-state index in [9.17, 15) is 13.2 Å². The number of esters is 1. The first-order chi connectivity index (χ1) is 5.56. The van der Waals surface area contributed by atoms with E-state index < -0.39 is 11.0 Å². The van der Waals surface area contributed by atoms with Gasteiger partial charge >= 0.3 is 5.97 Å². The van der Waals surface area contributed by atoms with Crippen molar-refractivity contribution in [3.05, 3.63) is 0 Å². The molecule has 0 aromatic heterocycles. The molecule has 0 aliphatic heterocycles. The zero-order valence-electron chi connectivity index (χ0n) is 6.98. The Bertz CT molecular complexity index is 202. The smallest absolute Gasteiger partial charge is 0.305 e. The second-order valence-corrected chi connectivity index (χ2v) is 3.11. The lowest BCUT2D eigenvalue weighted by Gasteiger charge is -2.06. The van der Waals surface area contributed by atoms with Crippen molar-refractivity contribution in [1.82, 2.24) is 0 Å². The van der Waals surface area contributed by atoms with E-state index >= 15 is 0 Å². The SMILES string of the molecule is COC(=O)CC(C)CO[SH](=O)=O. The molecule has 72 valence electrons. The van der Waals surface area contributed by atoms with E-state index in [4.69, 9.17) is 0 Å². The minimum absolute atomic E-state index is 0.0216. The van der Waals surface area contributed by atoms with Gasteiger partial charge in [0.1, 0.15) is 0 Å². The Balaban J connectivity index is 3.59. The number of hydrogen-bond donors (Lipinski definition) is 1. The Morgan fingerprint density at radius 1 is 1.50 bits per heavy atom. The van der Waals surface area contributed by atoms with Crippen LogP contribution in [0.25, 0.3) is 0 Å². The molecular weight excluding hydrogens is 184 g/mol. The van der Waals surface area contributed by atoms with Crippen LogP contribution in [-0.4, -0.2) is 28.1 Å². The van der Waals surface area contributed by atoms with Crippen LogP contribution in [0.3, 0.4) is 0 Å². The summed E-state index contributed by atoms with van der Waals surface area (Å²) >= 11 is 0. The van der Waals surface area contributed by atoms with Gasteiger partial charge in [-0.25, -0.2) is 8.42 Å². The highest BCUT2D eigenvalue weighted by Gasteiger charge is 2.09. The summed E-state index contributed by atoms with van der Waals surface area (Å²) in [6, 6.07) is 0. The molecule has 0 amide bonds. The number of carbonyl (C=O) groups is 1. The van der Waals surface area contributed by atoms with Gasteiger partial charge in [0.25, 0.3) is 11.0 Å². The molecule has 0 aliphatic rings. The van der Waals surface area contributed by atoms with E-state index in [1.165, 1.54) is 7.11 Å². The van der Waals surface area contributed by atoms with Gasteiger partial charge in [-0.3, -0.25) is 8.98 Å². The van der Waals surface area contributed by atoms with Crippen LogP contribution in [0.2, 0.25) is 0 Å². The van der Waals surface area contributed by atoms with Gasteiger partial charge in [0.15, 0.2) is 0 Å². The predicted octanol–water partition coefficient (Wildman–Crippen LogP) is -0.271. The molecular formula is C6H12O5S. The van der Waals surface area contributed by atoms with Crippen molar-refractivity contribution in [2.24, 2.45) is 5.92 Å². The van der Waals surface area contributed by atoms with Crippen LogP contribution in [0.15, 0.2) is 0 Å². The van der Waals surface area contributed by atoms with Gasteiger partial charge in [0, 0.05) is 0 Å². The fraction of sp³-hybridized carbons (Fsp3) is 0.833. The van der Waals surface area contributed by atoms with Crippen molar-refractivity contribution in [3.63, 3.8) is 0 Å². The van der Waals surface area contributed by atoms with Gasteiger partial charge in [0.2, 0.25) is 0 Å². The third-order valence-corrected chi connectivity index (χ3v) is 1.57. The van der Waals surface area contributed by atoms with Gasteiger partial charge < -0.3 is 4.74 Å². The molecule has 5 nitrogen and oxygen atoms in total. The summed E-state index contributed by atoms with van der Waals surface area (Å²) in [6.07, 6.45) is 0.166. The van der Waals surface area contributed by atoms with E-state index in [1.54, 1.807) is 6.92 Å². The highest BCUT2D eigenvalue weighted by atomic mass is 32.2. The van der Waals surface area contributed by atoms with E-state index in [2.05, 4.69) is 8.92 Å². The second kappa shape index (κ2) is 5.96. The molecule has 6 heteroatoms.